The predicted molar refractivity (Wildman–Crippen MR) is 114 cm³/mol. The zero-order chi connectivity index (χ0) is 21.8. The van der Waals surface area contributed by atoms with Crippen LogP contribution in [0.1, 0.15) is 35.0 Å². The fraction of sp³-hybridized carbons (Fsp3) is 0.348. The molecule has 4 rings (SSSR count). The van der Waals surface area contributed by atoms with Crippen molar-refractivity contribution in [1.29, 1.82) is 0 Å². The van der Waals surface area contributed by atoms with Gasteiger partial charge < -0.3 is 23.6 Å². The Bertz CT molecular complexity index is 1030. The minimum absolute atomic E-state index is 0.102. The van der Waals surface area contributed by atoms with Gasteiger partial charge in [-0.3, -0.25) is 4.79 Å². The molecule has 1 amide bonds. The van der Waals surface area contributed by atoms with Gasteiger partial charge in [-0.25, -0.2) is 0 Å². The number of carbonyl (C=O) groups is 1. The molecule has 0 saturated carbocycles. The largest absolute Gasteiger partial charge is 0.497 e. The number of ether oxygens (including phenoxy) is 3. The van der Waals surface area contributed by atoms with E-state index in [9.17, 15) is 4.79 Å². The van der Waals surface area contributed by atoms with Gasteiger partial charge in [-0.1, -0.05) is 23.4 Å². The van der Waals surface area contributed by atoms with Crippen molar-refractivity contribution in [2.75, 3.05) is 34.4 Å². The van der Waals surface area contributed by atoms with Crippen LogP contribution in [0.4, 0.5) is 0 Å². The Morgan fingerprint density at radius 1 is 1.00 bits per heavy atom. The zero-order valence-corrected chi connectivity index (χ0v) is 17.8. The maximum absolute atomic E-state index is 13.2. The number of hydrogen-bond acceptors (Lipinski definition) is 7. The molecule has 8 heteroatoms. The molecule has 0 bridgehead atoms. The summed E-state index contributed by atoms with van der Waals surface area (Å²) >= 11 is 0. The van der Waals surface area contributed by atoms with Gasteiger partial charge in [-0.2, -0.15) is 4.98 Å². The first-order chi connectivity index (χ1) is 15.1. The standard InChI is InChI=1S/C23H25N3O5/c1-28-17-7-4-6-16(14-17)21-24-22(31-25-21)15-10-12-26(13-11-15)23(27)20-18(29-2)8-5-9-19(20)30-3/h4-9,14-15H,10-13H2,1-3H3. The van der Waals surface area contributed by atoms with Crippen LogP contribution in [-0.4, -0.2) is 55.4 Å². The summed E-state index contributed by atoms with van der Waals surface area (Å²) in [7, 11) is 4.72. The number of carbonyl (C=O) groups excluding carboxylic acids is 1. The Kier molecular flexibility index (Phi) is 6.06. The van der Waals surface area contributed by atoms with E-state index < -0.39 is 0 Å². The Labute approximate surface area is 180 Å². The van der Waals surface area contributed by atoms with Crippen molar-refractivity contribution < 1.29 is 23.5 Å². The van der Waals surface area contributed by atoms with Gasteiger partial charge in [0.25, 0.3) is 5.91 Å². The highest BCUT2D eigenvalue weighted by Crippen LogP contribution is 2.33. The van der Waals surface area contributed by atoms with Crippen LogP contribution < -0.4 is 14.2 Å². The van der Waals surface area contributed by atoms with E-state index in [-0.39, 0.29) is 11.8 Å². The van der Waals surface area contributed by atoms with Crippen LogP contribution in [0.15, 0.2) is 47.0 Å². The summed E-state index contributed by atoms with van der Waals surface area (Å²) in [4.78, 5) is 19.6. The van der Waals surface area contributed by atoms with E-state index >= 15 is 0 Å². The third-order valence-electron chi connectivity index (χ3n) is 5.54. The van der Waals surface area contributed by atoms with Crippen molar-refractivity contribution >= 4 is 5.91 Å². The maximum atomic E-state index is 13.2. The summed E-state index contributed by atoms with van der Waals surface area (Å²) < 4.78 is 21.6. The fourth-order valence-electron chi connectivity index (χ4n) is 3.83. The van der Waals surface area contributed by atoms with E-state index in [1.807, 2.05) is 29.2 Å². The van der Waals surface area contributed by atoms with Crippen molar-refractivity contribution in [2.24, 2.45) is 0 Å². The third kappa shape index (κ3) is 4.19. The number of likely N-dealkylation sites (tertiary alicyclic amines) is 1. The zero-order valence-electron chi connectivity index (χ0n) is 17.8. The van der Waals surface area contributed by atoms with Crippen molar-refractivity contribution in [3.8, 4) is 28.6 Å². The van der Waals surface area contributed by atoms with Crippen LogP contribution in [0.3, 0.4) is 0 Å². The average Bonchev–Trinajstić information content (AvgIpc) is 3.33. The lowest BCUT2D eigenvalue weighted by atomic mass is 9.96. The molecule has 0 unspecified atom stereocenters. The summed E-state index contributed by atoms with van der Waals surface area (Å²) in [6.07, 6.45) is 1.48. The number of rotatable bonds is 6. The lowest BCUT2D eigenvalue weighted by Gasteiger charge is -2.31. The summed E-state index contributed by atoms with van der Waals surface area (Å²) in [5.74, 6) is 2.89. The molecule has 0 aliphatic carbocycles. The van der Waals surface area contributed by atoms with Gasteiger partial charge in [0.1, 0.15) is 22.8 Å². The molecule has 0 spiro atoms. The van der Waals surface area contributed by atoms with Crippen molar-refractivity contribution in [1.82, 2.24) is 15.0 Å². The van der Waals surface area contributed by atoms with E-state index in [4.69, 9.17) is 18.7 Å². The van der Waals surface area contributed by atoms with Crippen LogP contribution >= 0.6 is 0 Å². The lowest BCUT2D eigenvalue weighted by Crippen LogP contribution is -2.38. The number of nitrogens with zero attached hydrogens (tertiary/aromatic N) is 3. The van der Waals surface area contributed by atoms with Crippen molar-refractivity contribution in [3.05, 3.63) is 53.9 Å². The minimum Gasteiger partial charge on any atom is -0.497 e. The molecular weight excluding hydrogens is 398 g/mol. The molecule has 1 aromatic heterocycles. The average molecular weight is 423 g/mol. The molecule has 0 N–H and O–H groups in total. The first kappa shape index (κ1) is 20.7. The van der Waals surface area contributed by atoms with E-state index in [0.29, 0.717) is 41.9 Å². The van der Waals surface area contributed by atoms with Crippen LogP contribution in [-0.2, 0) is 0 Å². The highest BCUT2D eigenvalue weighted by Gasteiger charge is 2.30. The first-order valence-corrected chi connectivity index (χ1v) is 10.1. The Balaban J connectivity index is 1.45. The molecule has 1 saturated heterocycles. The van der Waals surface area contributed by atoms with E-state index in [2.05, 4.69) is 10.1 Å². The predicted octanol–water partition coefficient (Wildman–Crippen LogP) is 3.78. The van der Waals surface area contributed by atoms with E-state index in [1.165, 1.54) is 0 Å². The second-order valence-electron chi connectivity index (χ2n) is 7.29. The van der Waals surface area contributed by atoms with E-state index in [1.54, 1.807) is 39.5 Å². The smallest absolute Gasteiger partial charge is 0.261 e. The summed E-state index contributed by atoms with van der Waals surface area (Å²) in [6, 6.07) is 12.9. The summed E-state index contributed by atoms with van der Waals surface area (Å²) in [5.41, 5.74) is 1.29. The molecule has 31 heavy (non-hydrogen) atoms. The molecule has 162 valence electrons. The molecule has 0 atom stereocenters. The van der Waals surface area contributed by atoms with Gasteiger partial charge in [-0.15, -0.1) is 0 Å². The minimum atomic E-state index is -0.102. The van der Waals surface area contributed by atoms with Crippen LogP contribution in [0.5, 0.6) is 17.2 Å². The molecule has 8 nitrogen and oxygen atoms in total. The molecule has 3 aromatic rings. The SMILES string of the molecule is COc1cccc(-c2noc(C3CCN(C(=O)c4c(OC)cccc4OC)CC3)n2)c1. The van der Waals surface area contributed by atoms with Gasteiger partial charge in [0.15, 0.2) is 0 Å². The quantitative estimate of drug-likeness (QED) is 0.596. The Morgan fingerprint density at radius 2 is 1.68 bits per heavy atom. The Morgan fingerprint density at radius 3 is 2.32 bits per heavy atom. The highest BCUT2D eigenvalue weighted by molar-refractivity contribution is 5.99. The van der Waals surface area contributed by atoms with Crippen LogP contribution in [0, 0.1) is 0 Å². The molecule has 2 aromatic carbocycles. The lowest BCUT2D eigenvalue weighted by molar-refractivity contribution is 0.0697. The highest BCUT2D eigenvalue weighted by atomic mass is 16.5. The van der Waals surface area contributed by atoms with Gasteiger partial charge in [0.05, 0.1) is 21.3 Å². The molecule has 1 aliphatic heterocycles. The van der Waals surface area contributed by atoms with Gasteiger partial charge in [-0.05, 0) is 37.1 Å². The van der Waals surface area contributed by atoms with Crippen LogP contribution in [0.25, 0.3) is 11.4 Å². The first-order valence-electron chi connectivity index (χ1n) is 10.1. The fourth-order valence-corrected chi connectivity index (χ4v) is 3.83. The van der Waals surface area contributed by atoms with Crippen molar-refractivity contribution in [3.63, 3.8) is 0 Å². The number of hydrogen-bond donors (Lipinski definition) is 0. The number of benzene rings is 2. The summed E-state index contributed by atoms with van der Waals surface area (Å²) in [5, 5.41) is 4.13. The normalized spacial score (nSPS) is 14.4. The number of methoxy groups -OCH3 is 3. The topological polar surface area (TPSA) is 86.9 Å². The number of aromatic nitrogens is 2. The molecule has 1 aliphatic rings. The number of amides is 1. The molecule has 2 heterocycles. The van der Waals surface area contributed by atoms with Crippen molar-refractivity contribution in [2.45, 2.75) is 18.8 Å². The van der Waals surface area contributed by atoms with E-state index in [0.717, 1.165) is 24.2 Å². The molecular formula is C23H25N3O5. The summed E-state index contributed by atoms with van der Waals surface area (Å²) in [6.45, 7) is 1.17. The monoisotopic (exact) mass is 423 g/mol. The maximum Gasteiger partial charge on any atom is 0.261 e. The Hall–Kier alpha value is -3.55. The molecule has 0 radical (unpaired) electrons. The number of piperidine rings is 1. The second kappa shape index (κ2) is 9.07. The molecule has 1 fully saturated rings. The van der Waals surface area contributed by atoms with Gasteiger partial charge in [0.2, 0.25) is 11.7 Å². The second-order valence-corrected chi connectivity index (χ2v) is 7.29. The van der Waals surface area contributed by atoms with Gasteiger partial charge >= 0.3 is 0 Å². The van der Waals surface area contributed by atoms with Gasteiger partial charge in [0, 0.05) is 24.6 Å². The van der Waals surface area contributed by atoms with Crippen LogP contribution in [0.2, 0.25) is 0 Å². The third-order valence-corrected chi connectivity index (χ3v) is 5.54.